The molecule has 2 aromatic carbocycles. The number of nitrogens with zero attached hydrogens (tertiary/aromatic N) is 1. The van der Waals surface area contributed by atoms with Crippen LogP contribution in [-0.2, 0) is 4.79 Å². The summed E-state index contributed by atoms with van der Waals surface area (Å²) in [4.78, 5) is 26.4. The third-order valence-electron chi connectivity index (χ3n) is 3.88. The van der Waals surface area contributed by atoms with E-state index in [-0.39, 0.29) is 17.8 Å². The lowest BCUT2D eigenvalue weighted by Crippen LogP contribution is -2.33. The van der Waals surface area contributed by atoms with Crippen LogP contribution in [0.3, 0.4) is 0 Å². The van der Waals surface area contributed by atoms with E-state index in [4.69, 9.17) is 4.74 Å². The van der Waals surface area contributed by atoms with Gasteiger partial charge in [-0.1, -0.05) is 28.1 Å². The van der Waals surface area contributed by atoms with Gasteiger partial charge in [-0.05, 0) is 66.2 Å². The summed E-state index contributed by atoms with van der Waals surface area (Å²) in [5.74, 6) is 0.399. The summed E-state index contributed by atoms with van der Waals surface area (Å²) < 4.78 is 6.16. The van der Waals surface area contributed by atoms with Crippen LogP contribution in [0.4, 0.5) is 10.5 Å². The summed E-state index contributed by atoms with van der Waals surface area (Å²) in [7, 11) is 1.59. The third kappa shape index (κ3) is 4.11. The molecule has 3 rings (SSSR count). The maximum atomic E-state index is 12.6. The molecular formula is C19H17BrN2O3S. The largest absolute Gasteiger partial charge is 0.497 e. The number of methoxy groups -OCH3 is 1. The minimum absolute atomic E-state index is 0.128. The molecule has 1 N–H and O–H groups in total. The lowest BCUT2D eigenvalue weighted by Gasteiger charge is -2.16. The Morgan fingerprint density at radius 2 is 2.04 bits per heavy atom. The molecule has 0 aromatic heterocycles. The van der Waals surface area contributed by atoms with Crippen molar-refractivity contribution in [2.24, 2.45) is 0 Å². The molecule has 0 saturated carbocycles. The van der Waals surface area contributed by atoms with Crippen LogP contribution in [0.2, 0.25) is 0 Å². The van der Waals surface area contributed by atoms with Crippen molar-refractivity contribution in [3.8, 4) is 5.75 Å². The van der Waals surface area contributed by atoms with Gasteiger partial charge in [-0.3, -0.25) is 14.5 Å². The van der Waals surface area contributed by atoms with Gasteiger partial charge in [-0.2, -0.15) is 0 Å². The number of anilines is 1. The van der Waals surface area contributed by atoms with Crippen LogP contribution >= 0.6 is 27.7 Å². The second kappa shape index (κ2) is 7.97. The molecule has 2 aromatic rings. The van der Waals surface area contributed by atoms with Gasteiger partial charge in [0.1, 0.15) is 5.75 Å². The van der Waals surface area contributed by atoms with Crippen molar-refractivity contribution in [3.63, 3.8) is 0 Å². The molecule has 134 valence electrons. The van der Waals surface area contributed by atoms with Gasteiger partial charge in [-0.15, -0.1) is 0 Å². The average Bonchev–Trinajstić information content (AvgIpc) is 2.88. The van der Waals surface area contributed by atoms with Gasteiger partial charge in [0.15, 0.2) is 0 Å². The van der Waals surface area contributed by atoms with Crippen molar-refractivity contribution in [2.45, 2.75) is 6.92 Å². The zero-order chi connectivity index (χ0) is 18.7. The molecule has 26 heavy (non-hydrogen) atoms. The van der Waals surface area contributed by atoms with Gasteiger partial charge in [0.2, 0.25) is 0 Å². The van der Waals surface area contributed by atoms with Crippen molar-refractivity contribution in [1.82, 2.24) is 4.90 Å². The zero-order valence-electron chi connectivity index (χ0n) is 14.3. The number of rotatable bonds is 5. The Morgan fingerprint density at radius 3 is 2.77 bits per heavy atom. The van der Waals surface area contributed by atoms with Gasteiger partial charge in [0.25, 0.3) is 11.1 Å². The number of carbonyl (C=O) groups is 2. The molecule has 7 heteroatoms. The Kier molecular flexibility index (Phi) is 5.68. The number of ether oxygens (including phenoxy) is 1. The minimum atomic E-state index is -0.301. The molecular weight excluding hydrogens is 416 g/mol. The maximum absolute atomic E-state index is 12.6. The number of carbonyl (C=O) groups excluding carboxylic acids is 2. The standard InChI is InChI=1S/C19H17BrN2O3S/c1-12-8-14(20)6-7-16(12)21-11-22-18(23)17(26-19(22)24)10-13-4-3-5-15(9-13)25-2/h3-10,21H,11H2,1-2H3/b17-10-. The number of thioether (sulfide) groups is 1. The number of hydrogen-bond acceptors (Lipinski definition) is 5. The zero-order valence-corrected chi connectivity index (χ0v) is 16.7. The van der Waals surface area contributed by atoms with Gasteiger partial charge in [0, 0.05) is 10.2 Å². The topological polar surface area (TPSA) is 58.6 Å². The Labute approximate surface area is 164 Å². The molecule has 0 unspecified atom stereocenters. The van der Waals surface area contributed by atoms with Gasteiger partial charge in [0.05, 0.1) is 18.7 Å². The first-order valence-corrected chi connectivity index (χ1v) is 9.48. The van der Waals surface area contributed by atoms with Gasteiger partial charge < -0.3 is 10.1 Å². The van der Waals surface area contributed by atoms with E-state index in [1.807, 2.05) is 49.4 Å². The highest BCUT2D eigenvalue weighted by Crippen LogP contribution is 2.32. The molecule has 2 amide bonds. The van der Waals surface area contributed by atoms with Crippen molar-refractivity contribution >= 4 is 50.6 Å². The van der Waals surface area contributed by atoms with Crippen LogP contribution in [0.1, 0.15) is 11.1 Å². The van der Waals surface area contributed by atoms with Crippen LogP contribution in [0.15, 0.2) is 51.8 Å². The van der Waals surface area contributed by atoms with E-state index in [9.17, 15) is 9.59 Å². The highest BCUT2D eigenvalue weighted by Gasteiger charge is 2.34. The van der Waals surface area contributed by atoms with Crippen LogP contribution in [0, 0.1) is 6.92 Å². The van der Waals surface area contributed by atoms with Crippen LogP contribution < -0.4 is 10.1 Å². The monoisotopic (exact) mass is 432 g/mol. The summed E-state index contributed by atoms with van der Waals surface area (Å²) in [6.45, 7) is 2.09. The Morgan fingerprint density at radius 1 is 1.23 bits per heavy atom. The Bertz CT molecular complexity index is 898. The van der Waals surface area contributed by atoms with Crippen molar-refractivity contribution in [3.05, 3.63) is 63.0 Å². The fraction of sp³-hybridized carbons (Fsp3) is 0.158. The lowest BCUT2D eigenvalue weighted by atomic mass is 10.2. The molecule has 0 bridgehead atoms. The average molecular weight is 433 g/mol. The van der Waals surface area contributed by atoms with E-state index < -0.39 is 0 Å². The van der Waals surface area contributed by atoms with E-state index in [0.717, 1.165) is 33.0 Å². The SMILES string of the molecule is COc1cccc(/C=C2\SC(=O)N(CNc3ccc(Br)cc3C)C2=O)c1. The number of aryl methyl sites for hydroxylation is 1. The Balaban J connectivity index is 1.73. The van der Waals surface area contributed by atoms with Crippen molar-refractivity contribution in [1.29, 1.82) is 0 Å². The van der Waals surface area contributed by atoms with Gasteiger partial charge >= 0.3 is 0 Å². The number of halogens is 1. The van der Waals surface area contributed by atoms with Gasteiger partial charge in [-0.25, -0.2) is 0 Å². The van der Waals surface area contributed by atoms with E-state index in [0.29, 0.717) is 10.7 Å². The Hall–Kier alpha value is -2.25. The highest BCUT2D eigenvalue weighted by molar-refractivity contribution is 9.10. The molecule has 0 atom stereocenters. The van der Waals surface area contributed by atoms with E-state index >= 15 is 0 Å². The molecule has 1 heterocycles. The van der Waals surface area contributed by atoms with E-state index in [2.05, 4.69) is 21.2 Å². The van der Waals surface area contributed by atoms with E-state index in [1.54, 1.807) is 13.2 Å². The lowest BCUT2D eigenvalue weighted by molar-refractivity contribution is -0.122. The summed E-state index contributed by atoms with van der Waals surface area (Å²) in [5, 5.41) is 2.86. The molecule has 1 saturated heterocycles. The highest BCUT2D eigenvalue weighted by atomic mass is 79.9. The number of benzene rings is 2. The predicted octanol–water partition coefficient (Wildman–Crippen LogP) is 4.87. The normalized spacial score (nSPS) is 15.7. The summed E-state index contributed by atoms with van der Waals surface area (Å²) in [5.41, 5.74) is 2.72. The second-order valence-electron chi connectivity index (χ2n) is 5.68. The molecule has 0 aliphatic carbocycles. The second-order valence-corrected chi connectivity index (χ2v) is 7.59. The molecule has 5 nitrogen and oxygen atoms in total. The molecule has 0 spiro atoms. The third-order valence-corrected chi connectivity index (χ3v) is 5.28. The summed E-state index contributed by atoms with van der Waals surface area (Å²) in [6, 6.07) is 13.1. The van der Waals surface area contributed by atoms with E-state index in [1.165, 1.54) is 4.90 Å². The number of amides is 2. The first kappa shape index (κ1) is 18.5. The smallest absolute Gasteiger partial charge is 0.295 e. The van der Waals surface area contributed by atoms with Crippen molar-refractivity contribution in [2.75, 3.05) is 19.1 Å². The van der Waals surface area contributed by atoms with Crippen LogP contribution in [-0.4, -0.2) is 29.8 Å². The summed E-state index contributed by atoms with van der Waals surface area (Å²) >= 11 is 4.36. The number of hydrogen-bond donors (Lipinski definition) is 1. The number of nitrogens with one attached hydrogen (secondary N) is 1. The fourth-order valence-electron chi connectivity index (χ4n) is 2.51. The molecule has 1 fully saturated rings. The first-order valence-electron chi connectivity index (χ1n) is 7.87. The maximum Gasteiger partial charge on any atom is 0.295 e. The van der Waals surface area contributed by atoms with Crippen LogP contribution in [0.5, 0.6) is 5.75 Å². The fourth-order valence-corrected chi connectivity index (χ4v) is 3.82. The van der Waals surface area contributed by atoms with Crippen LogP contribution in [0.25, 0.3) is 6.08 Å². The quantitative estimate of drug-likeness (QED) is 0.682. The molecule has 1 aliphatic rings. The summed E-state index contributed by atoms with van der Waals surface area (Å²) in [6.07, 6.45) is 1.71. The molecule has 0 radical (unpaired) electrons. The van der Waals surface area contributed by atoms with Crippen molar-refractivity contribution < 1.29 is 14.3 Å². The molecule has 1 aliphatic heterocycles. The minimum Gasteiger partial charge on any atom is -0.497 e. The predicted molar refractivity (Wildman–Crippen MR) is 108 cm³/mol. The number of imide groups is 1. The first-order chi connectivity index (χ1) is 12.5.